The molecular weight excluding hydrogens is 348 g/mol. The first-order valence-electron chi connectivity index (χ1n) is 8.25. The second kappa shape index (κ2) is 8.01. The molecule has 0 atom stereocenters. The van der Waals surface area contributed by atoms with E-state index in [1.165, 1.54) is 0 Å². The van der Waals surface area contributed by atoms with Gasteiger partial charge in [-0.15, -0.1) is 11.3 Å². The van der Waals surface area contributed by atoms with Crippen LogP contribution in [0.25, 0.3) is 11.3 Å². The van der Waals surface area contributed by atoms with Crippen molar-refractivity contribution >= 4 is 22.9 Å². The van der Waals surface area contributed by atoms with Crippen molar-refractivity contribution in [2.45, 2.75) is 13.8 Å². The van der Waals surface area contributed by atoms with Crippen molar-refractivity contribution in [3.63, 3.8) is 0 Å². The molecule has 0 radical (unpaired) electrons. The van der Waals surface area contributed by atoms with Crippen LogP contribution < -0.4 is 14.8 Å². The number of nitrogens with zero attached hydrogens (tertiary/aromatic N) is 1. The van der Waals surface area contributed by atoms with Gasteiger partial charge >= 0.3 is 0 Å². The van der Waals surface area contributed by atoms with Crippen molar-refractivity contribution in [3.8, 4) is 22.8 Å². The fourth-order valence-corrected chi connectivity index (χ4v) is 3.13. The third kappa shape index (κ3) is 4.03. The Hall–Kier alpha value is -2.86. The zero-order valence-corrected chi connectivity index (χ0v) is 15.7. The zero-order chi connectivity index (χ0) is 18.5. The topological polar surface area (TPSA) is 60.5 Å². The average Bonchev–Trinajstić information content (AvgIpc) is 3.09. The van der Waals surface area contributed by atoms with Crippen LogP contribution in [0.1, 0.15) is 22.3 Å². The summed E-state index contributed by atoms with van der Waals surface area (Å²) in [5.41, 5.74) is 3.19. The van der Waals surface area contributed by atoms with Gasteiger partial charge in [0, 0.05) is 22.2 Å². The minimum absolute atomic E-state index is 0.205. The number of hydrogen-bond acceptors (Lipinski definition) is 5. The summed E-state index contributed by atoms with van der Waals surface area (Å²) in [4.78, 5) is 17.0. The summed E-state index contributed by atoms with van der Waals surface area (Å²) >= 11 is 1.62. The number of anilines is 1. The summed E-state index contributed by atoms with van der Waals surface area (Å²) in [5.74, 6) is 0.951. The normalized spacial score (nSPS) is 10.4. The lowest BCUT2D eigenvalue weighted by Crippen LogP contribution is -2.12. The maximum Gasteiger partial charge on any atom is 0.255 e. The zero-order valence-electron chi connectivity index (χ0n) is 14.9. The van der Waals surface area contributed by atoms with Crippen molar-refractivity contribution in [3.05, 3.63) is 58.4 Å². The van der Waals surface area contributed by atoms with Crippen molar-refractivity contribution in [1.29, 1.82) is 0 Å². The summed E-state index contributed by atoms with van der Waals surface area (Å²) < 4.78 is 10.8. The highest BCUT2D eigenvalue weighted by Gasteiger charge is 2.11. The van der Waals surface area contributed by atoms with E-state index in [0.717, 1.165) is 22.0 Å². The summed E-state index contributed by atoms with van der Waals surface area (Å²) in [7, 11) is 1.55. The third-order valence-electron chi connectivity index (χ3n) is 3.78. The molecule has 0 unspecified atom stereocenters. The largest absolute Gasteiger partial charge is 0.493 e. The average molecular weight is 368 g/mol. The maximum absolute atomic E-state index is 12.5. The minimum Gasteiger partial charge on any atom is -0.493 e. The quantitative estimate of drug-likeness (QED) is 0.680. The smallest absolute Gasteiger partial charge is 0.255 e. The van der Waals surface area contributed by atoms with Crippen LogP contribution in [-0.2, 0) is 0 Å². The molecular formula is C20H20N2O3S. The van der Waals surface area contributed by atoms with Crippen LogP contribution in [0.2, 0.25) is 0 Å². The molecule has 3 rings (SSSR count). The molecule has 0 saturated carbocycles. The number of aryl methyl sites for hydroxylation is 1. The molecule has 26 heavy (non-hydrogen) atoms. The van der Waals surface area contributed by atoms with E-state index >= 15 is 0 Å². The Morgan fingerprint density at radius 2 is 1.92 bits per heavy atom. The predicted molar refractivity (Wildman–Crippen MR) is 104 cm³/mol. The number of hydrogen-bond donors (Lipinski definition) is 1. The fraction of sp³-hybridized carbons (Fsp3) is 0.200. The number of carbonyl (C=O) groups excluding carboxylic acids is 1. The predicted octanol–water partition coefficient (Wildman–Crippen LogP) is 4.78. The summed E-state index contributed by atoms with van der Waals surface area (Å²) in [6.45, 7) is 4.41. The lowest BCUT2D eigenvalue weighted by Gasteiger charge is -2.11. The van der Waals surface area contributed by atoms with Crippen molar-refractivity contribution < 1.29 is 14.3 Å². The van der Waals surface area contributed by atoms with Crippen LogP contribution in [0.15, 0.2) is 47.8 Å². The minimum atomic E-state index is -0.205. The van der Waals surface area contributed by atoms with E-state index in [1.807, 2.05) is 43.5 Å². The van der Waals surface area contributed by atoms with E-state index in [4.69, 9.17) is 9.47 Å². The molecule has 0 aliphatic rings. The van der Waals surface area contributed by atoms with Crippen LogP contribution in [0, 0.1) is 6.92 Å². The number of thiazole rings is 1. The highest BCUT2D eigenvalue weighted by Crippen LogP contribution is 2.28. The number of ether oxygens (including phenoxy) is 2. The molecule has 0 fully saturated rings. The molecule has 3 aromatic rings. The first-order chi connectivity index (χ1) is 12.6. The summed E-state index contributed by atoms with van der Waals surface area (Å²) in [6.07, 6.45) is 0. The van der Waals surface area contributed by atoms with Gasteiger partial charge in [0.25, 0.3) is 5.91 Å². The van der Waals surface area contributed by atoms with Gasteiger partial charge in [0.1, 0.15) is 0 Å². The van der Waals surface area contributed by atoms with Crippen LogP contribution in [0.5, 0.6) is 11.5 Å². The van der Waals surface area contributed by atoms with E-state index in [1.54, 1.807) is 36.6 Å². The molecule has 0 aliphatic carbocycles. The molecule has 6 heteroatoms. The lowest BCUT2D eigenvalue weighted by molar-refractivity contribution is 0.102. The van der Waals surface area contributed by atoms with E-state index < -0.39 is 0 Å². The van der Waals surface area contributed by atoms with Gasteiger partial charge in [-0.05, 0) is 44.2 Å². The van der Waals surface area contributed by atoms with Crippen molar-refractivity contribution in [2.75, 3.05) is 19.0 Å². The van der Waals surface area contributed by atoms with Gasteiger partial charge in [0.2, 0.25) is 0 Å². The van der Waals surface area contributed by atoms with E-state index in [2.05, 4.69) is 10.3 Å². The first-order valence-corrected chi connectivity index (χ1v) is 9.13. The number of methoxy groups -OCH3 is 1. The number of carbonyl (C=O) groups is 1. The molecule has 2 aromatic carbocycles. The highest BCUT2D eigenvalue weighted by molar-refractivity contribution is 7.09. The summed E-state index contributed by atoms with van der Waals surface area (Å²) in [6, 6.07) is 12.8. The number of benzene rings is 2. The first kappa shape index (κ1) is 17.9. The maximum atomic E-state index is 12.5. The second-order valence-corrected chi connectivity index (χ2v) is 6.64. The van der Waals surface area contributed by atoms with Gasteiger partial charge in [0.05, 0.1) is 24.4 Å². The Kier molecular flexibility index (Phi) is 5.53. The van der Waals surface area contributed by atoms with Gasteiger partial charge in [0.15, 0.2) is 11.5 Å². The SMILES string of the molecule is CCOc1ccc(C(=O)Nc2ccc(-c3csc(C)n3)cc2)cc1OC. The van der Waals surface area contributed by atoms with Gasteiger partial charge < -0.3 is 14.8 Å². The van der Waals surface area contributed by atoms with E-state index in [9.17, 15) is 4.79 Å². The Balaban J connectivity index is 1.73. The van der Waals surface area contributed by atoms with Gasteiger partial charge in [-0.1, -0.05) is 12.1 Å². The molecule has 1 amide bonds. The van der Waals surface area contributed by atoms with Crippen LogP contribution >= 0.6 is 11.3 Å². The van der Waals surface area contributed by atoms with Gasteiger partial charge in [-0.2, -0.15) is 0 Å². The molecule has 0 aliphatic heterocycles. The Labute approximate surface area is 156 Å². The molecule has 1 heterocycles. The Morgan fingerprint density at radius 3 is 2.54 bits per heavy atom. The number of aromatic nitrogens is 1. The van der Waals surface area contributed by atoms with Crippen molar-refractivity contribution in [1.82, 2.24) is 4.98 Å². The van der Waals surface area contributed by atoms with Crippen LogP contribution in [-0.4, -0.2) is 24.6 Å². The molecule has 0 bridgehead atoms. The number of amides is 1. The highest BCUT2D eigenvalue weighted by atomic mass is 32.1. The molecule has 0 spiro atoms. The molecule has 5 nitrogen and oxygen atoms in total. The monoisotopic (exact) mass is 368 g/mol. The van der Waals surface area contributed by atoms with E-state index in [-0.39, 0.29) is 5.91 Å². The second-order valence-electron chi connectivity index (χ2n) is 5.58. The molecule has 0 saturated heterocycles. The molecule has 134 valence electrons. The molecule has 1 N–H and O–H groups in total. The van der Waals surface area contributed by atoms with Gasteiger partial charge in [-0.25, -0.2) is 4.98 Å². The fourth-order valence-electron chi connectivity index (χ4n) is 2.51. The standard InChI is InChI=1S/C20H20N2O3S/c1-4-25-18-10-7-15(11-19(18)24-3)20(23)22-16-8-5-14(6-9-16)17-12-26-13(2)21-17/h5-12H,4H2,1-3H3,(H,22,23). The molecule has 1 aromatic heterocycles. The lowest BCUT2D eigenvalue weighted by atomic mass is 10.1. The number of nitrogens with one attached hydrogen (secondary N) is 1. The Bertz CT molecular complexity index is 904. The third-order valence-corrected chi connectivity index (χ3v) is 4.56. The Morgan fingerprint density at radius 1 is 1.15 bits per heavy atom. The van der Waals surface area contributed by atoms with Gasteiger partial charge in [-0.3, -0.25) is 4.79 Å². The van der Waals surface area contributed by atoms with Crippen molar-refractivity contribution in [2.24, 2.45) is 0 Å². The van der Waals surface area contributed by atoms with Crippen LogP contribution in [0.3, 0.4) is 0 Å². The summed E-state index contributed by atoms with van der Waals surface area (Å²) in [5, 5.41) is 5.94. The van der Waals surface area contributed by atoms with Crippen LogP contribution in [0.4, 0.5) is 5.69 Å². The van der Waals surface area contributed by atoms with E-state index in [0.29, 0.717) is 23.7 Å². The number of rotatable bonds is 6.